The highest BCUT2D eigenvalue weighted by molar-refractivity contribution is 5.89. The van der Waals surface area contributed by atoms with Gasteiger partial charge in [-0.1, -0.05) is 18.6 Å². The molecule has 2 aliphatic carbocycles. The number of nitrogens with zero attached hydrogens (tertiary/aromatic N) is 4. The number of amides is 1. The second kappa shape index (κ2) is 5.17. The highest BCUT2D eigenvalue weighted by Gasteiger charge is 2.53. The molecule has 8 heteroatoms. The minimum Gasteiger partial charge on any atom is -0.379 e. The maximum Gasteiger partial charge on any atom is 0.223 e. The van der Waals surface area contributed by atoms with E-state index in [0.717, 1.165) is 16.8 Å². The number of rotatable bonds is 4. The molecule has 0 saturated heterocycles. The fourth-order valence-electron chi connectivity index (χ4n) is 4.16. The number of carbonyl (C=O) groups is 1. The Morgan fingerprint density at radius 2 is 2.27 bits per heavy atom. The highest BCUT2D eigenvalue weighted by Crippen LogP contribution is 2.52. The van der Waals surface area contributed by atoms with Gasteiger partial charge in [-0.25, -0.2) is 9.97 Å². The SMILES string of the molecule is C[C@H]1C2=C[C@@H]2[C@@H](Nc2ccnc3nc(-c4cnn(C)c4)[nH]c23)[C@H]1C(N)=O. The van der Waals surface area contributed by atoms with Crippen molar-refractivity contribution in [2.45, 2.75) is 13.0 Å². The van der Waals surface area contributed by atoms with E-state index >= 15 is 0 Å². The summed E-state index contributed by atoms with van der Waals surface area (Å²) < 4.78 is 1.73. The Labute approximate surface area is 149 Å². The Morgan fingerprint density at radius 1 is 1.42 bits per heavy atom. The van der Waals surface area contributed by atoms with Gasteiger partial charge in [0.15, 0.2) is 5.65 Å². The lowest BCUT2D eigenvalue weighted by atomic mass is 9.91. The van der Waals surface area contributed by atoms with Crippen LogP contribution in [-0.2, 0) is 11.8 Å². The van der Waals surface area contributed by atoms with E-state index in [-0.39, 0.29) is 23.8 Å². The van der Waals surface area contributed by atoms with Crippen LogP contribution in [0.3, 0.4) is 0 Å². The van der Waals surface area contributed by atoms with Crippen LogP contribution in [0.4, 0.5) is 5.69 Å². The van der Waals surface area contributed by atoms with Crippen LogP contribution in [0.2, 0.25) is 0 Å². The van der Waals surface area contributed by atoms with E-state index in [0.29, 0.717) is 17.4 Å². The zero-order valence-electron chi connectivity index (χ0n) is 14.5. The van der Waals surface area contributed by atoms with Crippen molar-refractivity contribution in [2.24, 2.45) is 30.5 Å². The predicted octanol–water partition coefficient (Wildman–Crippen LogP) is 1.45. The lowest BCUT2D eigenvalue weighted by Crippen LogP contribution is -2.39. The molecule has 0 aliphatic heterocycles. The van der Waals surface area contributed by atoms with E-state index in [9.17, 15) is 4.79 Å². The summed E-state index contributed by atoms with van der Waals surface area (Å²) in [5.41, 5.74) is 10.2. The van der Waals surface area contributed by atoms with Crippen molar-refractivity contribution in [1.82, 2.24) is 24.7 Å². The third-order valence-corrected chi connectivity index (χ3v) is 5.51. The summed E-state index contributed by atoms with van der Waals surface area (Å²) in [5, 5.41) is 7.71. The Bertz CT molecular complexity index is 1060. The number of fused-ring (bicyclic) bond motifs is 2. The molecule has 4 atom stereocenters. The van der Waals surface area contributed by atoms with E-state index < -0.39 is 0 Å². The van der Waals surface area contributed by atoms with E-state index in [1.54, 1.807) is 17.1 Å². The van der Waals surface area contributed by atoms with Gasteiger partial charge in [0.25, 0.3) is 0 Å². The van der Waals surface area contributed by atoms with Gasteiger partial charge in [-0.15, -0.1) is 0 Å². The first-order valence-electron chi connectivity index (χ1n) is 8.64. The third-order valence-electron chi connectivity index (χ3n) is 5.51. The number of hydrogen-bond acceptors (Lipinski definition) is 5. The quantitative estimate of drug-likeness (QED) is 0.617. The van der Waals surface area contributed by atoms with Gasteiger partial charge in [0.2, 0.25) is 5.91 Å². The molecule has 0 unspecified atom stereocenters. The maximum atomic E-state index is 11.9. The Kier molecular flexibility index (Phi) is 3.01. The summed E-state index contributed by atoms with van der Waals surface area (Å²) >= 11 is 0. The Morgan fingerprint density at radius 3 is 3.00 bits per heavy atom. The van der Waals surface area contributed by atoms with Crippen LogP contribution >= 0.6 is 0 Å². The second-order valence-corrected chi connectivity index (χ2v) is 7.12. The number of aromatic amines is 1. The number of hydrogen-bond donors (Lipinski definition) is 3. The van der Waals surface area contributed by atoms with Gasteiger partial charge in [0, 0.05) is 31.4 Å². The first kappa shape index (κ1) is 15.1. The molecule has 2 aliphatic rings. The van der Waals surface area contributed by atoms with E-state index in [1.165, 1.54) is 5.57 Å². The van der Waals surface area contributed by atoms with Crippen LogP contribution in [0.15, 0.2) is 36.3 Å². The number of nitrogens with two attached hydrogens (primary N) is 1. The minimum atomic E-state index is -0.256. The molecule has 4 N–H and O–H groups in total. The van der Waals surface area contributed by atoms with Crippen molar-refractivity contribution in [3.05, 3.63) is 36.3 Å². The number of aryl methyl sites for hydroxylation is 1. The summed E-state index contributed by atoms with van der Waals surface area (Å²) in [4.78, 5) is 24.2. The van der Waals surface area contributed by atoms with Gasteiger partial charge in [0.05, 0.1) is 23.4 Å². The molecular formula is C18H19N7O. The number of nitrogens with one attached hydrogen (secondary N) is 2. The fraction of sp³-hybridized carbons (Fsp3) is 0.333. The van der Waals surface area contributed by atoms with Crippen molar-refractivity contribution in [3.8, 4) is 11.4 Å². The van der Waals surface area contributed by atoms with Crippen LogP contribution in [0.5, 0.6) is 0 Å². The zero-order chi connectivity index (χ0) is 18.0. The van der Waals surface area contributed by atoms with Crippen LogP contribution in [-0.4, -0.2) is 36.7 Å². The molecule has 3 heterocycles. The monoisotopic (exact) mass is 349 g/mol. The maximum absolute atomic E-state index is 11.9. The standard InChI is InChI=1S/C18H19N7O/c1-8-10-5-11(10)14(13(8)16(19)26)22-12-3-4-20-18-15(12)23-17(24-18)9-6-21-25(2)7-9/h3-8,11,13-14H,1-2H3,(H2,19,26)(H2,20,22,23,24)/t8-,11-,13-,14+/m0/s1. The minimum absolute atomic E-state index is 0.0201. The third kappa shape index (κ3) is 2.15. The number of carbonyl (C=O) groups excluding carboxylic acids is 1. The summed E-state index contributed by atoms with van der Waals surface area (Å²) in [6.07, 6.45) is 7.59. The van der Waals surface area contributed by atoms with Crippen LogP contribution in [0.25, 0.3) is 22.6 Å². The summed E-state index contributed by atoms with van der Waals surface area (Å²) in [5.74, 6) is 0.760. The average Bonchev–Trinajstić information content (AvgIpc) is 2.93. The summed E-state index contributed by atoms with van der Waals surface area (Å²) in [7, 11) is 1.86. The number of pyridine rings is 1. The van der Waals surface area contributed by atoms with E-state index in [4.69, 9.17) is 5.73 Å². The molecule has 26 heavy (non-hydrogen) atoms. The number of imidazole rings is 1. The van der Waals surface area contributed by atoms with Crippen molar-refractivity contribution >= 4 is 22.8 Å². The van der Waals surface area contributed by atoms with Crippen LogP contribution in [0.1, 0.15) is 6.92 Å². The number of anilines is 1. The van der Waals surface area contributed by atoms with E-state index in [1.807, 2.05) is 19.3 Å². The number of H-pyrrole nitrogens is 1. The van der Waals surface area contributed by atoms with Crippen molar-refractivity contribution in [1.29, 1.82) is 0 Å². The van der Waals surface area contributed by atoms with E-state index in [2.05, 4.69) is 38.4 Å². The molecule has 1 amide bonds. The summed E-state index contributed by atoms with van der Waals surface area (Å²) in [6.45, 7) is 2.07. The van der Waals surface area contributed by atoms with Gasteiger partial charge in [-0.3, -0.25) is 9.48 Å². The molecule has 5 rings (SSSR count). The smallest absolute Gasteiger partial charge is 0.223 e. The number of primary amides is 1. The van der Waals surface area contributed by atoms with Crippen molar-refractivity contribution in [2.75, 3.05) is 5.32 Å². The molecule has 3 aromatic rings. The van der Waals surface area contributed by atoms with Gasteiger partial charge >= 0.3 is 0 Å². The zero-order valence-corrected chi connectivity index (χ0v) is 14.5. The molecule has 3 aromatic heterocycles. The highest BCUT2D eigenvalue weighted by atomic mass is 16.1. The van der Waals surface area contributed by atoms with Crippen LogP contribution < -0.4 is 11.1 Å². The Hall–Kier alpha value is -3.16. The topological polar surface area (TPSA) is 115 Å². The van der Waals surface area contributed by atoms with Gasteiger partial charge < -0.3 is 16.0 Å². The fourth-order valence-corrected chi connectivity index (χ4v) is 4.16. The normalized spacial score (nSPS) is 26.6. The van der Waals surface area contributed by atoms with Gasteiger partial charge in [-0.05, 0) is 12.0 Å². The lowest BCUT2D eigenvalue weighted by Gasteiger charge is -2.24. The summed E-state index contributed by atoms with van der Waals surface area (Å²) in [6, 6.07) is 1.88. The molecule has 0 aromatic carbocycles. The first-order valence-corrected chi connectivity index (χ1v) is 8.64. The molecule has 1 saturated carbocycles. The van der Waals surface area contributed by atoms with Gasteiger partial charge in [0.1, 0.15) is 11.3 Å². The van der Waals surface area contributed by atoms with Gasteiger partial charge in [-0.2, -0.15) is 5.10 Å². The predicted molar refractivity (Wildman–Crippen MR) is 96.9 cm³/mol. The molecule has 0 radical (unpaired) electrons. The first-order chi connectivity index (χ1) is 12.5. The molecular weight excluding hydrogens is 330 g/mol. The van der Waals surface area contributed by atoms with Crippen LogP contribution in [0, 0.1) is 17.8 Å². The second-order valence-electron chi connectivity index (χ2n) is 7.12. The molecule has 132 valence electrons. The van der Waals surface area contributed by atoms with Crippen molar-refractivity contribution in [3.63, 3.8) is 0 Å². The molecule has 0 spiro atoms. The largest absolute Gasteiger partial charge is 0.379 e. The number of aromatic nitrogens is 5. The Balaban J connectivity index is 1.51. The molecule has 8 nitrogen and oxygen atoms in total. The lowest BCUT2D eigenvalue weighted by molar-refractivity contribution is -0.122. The van der Waals surface area contributed by atoms with Crippen molar-refractivity contribution < 1.29 is 4.79 Å². The average molecular weight is 349 g/mol. The molecule has 1 fully saturated rings. The molecule has 0 bridgehead atoms.